The highest BCUT2D eigenvalue weighted by atomic mass is 79.9. The van der Waals surface area contributed by atoms with Crippen LogP contribution in [-0.4, -0.2) is 30.0 Å². The molecular weight excluding hydrogens is 344 g/mol. The fourth-order valence-corrected chi connectivity index (χ4v) is 3.44. The van der Waals surface area contributed by atoms with Gasteiger partial charge in [-0.3, -0.25) is 9.78 Å². The summed E-state index contributed by atoms with van der Waals surface area (Å²) in [5.41, 5.74) is 2.42. The number of benzene rings is 1. The van der Waals surface area contributed by atoms with Gasteiger partial charge < -0.3 is 10.1 Å². The molecule has 1 saturated carbocycles. The van der Waals surface area contributed by atoms with Gasteiger partial charge in [-0.25, -0.2) is 0 Å². The van der Waals surface area contributed by atoms with Crippen molar-refractivity contribution < 1.29 is 9.53 Å². The molecule has 116 valence electrons. The Bertz CT molecular complexity index is 717. The Morgan fingerprint density at radius 3 is 2.91 bits per heavy atom. The van der Waals surface area contributed by atoms with Crippen LogP contribution in [0.15, 0.2) is 28.9 Å². The van der Waals surface area contributed by atoms with Crippen LogP contribution in [0, 0.1) is 0 Å². The summed E-state index contributed by atoms with van der Waals surface area (Å²) in [6.07, 6.45) is 5.04. The van der Waals surface area contributed by atoms with Crippen LogP contribution in [0.2, 0.25) is 0 Å². The third kappa shape index (κ3) is 3.01. The van der Waals surface area contributed by atoms with Crippen molar-refractivity contribution in [2.75, 3.05) is 12.4 Å². The largest absolute Gasteiger partial charge is 0.381 e. The van der Waals surface area contributed by atoms with Gasteiger partial charge in [0.25, 0.3) is 0 Å². The highest BCUT2D eigenvalue weighted by Gasteiger charge is 2.26. The number of halogens is 1. The van der Waals surface area contributed by atoms with Gasteiger partial charge in [0.15, 0.2) is 5.78 Å². The molecule has 1 N–H and O–H groups in total. The second kappa shape index (κ2) is 6.34. The lowest BCUT2D eigenvalue weighted by molar-refractivity contribution is 0.101. The van der Waals surface area contributed by atoms with Crippen molar-refractivity contribution in [3.05, 3.63) is 34.4 Å². The van der Waals surface area contributed by atoms with E-state index in [1.54, 1.807) is 20.2 Å². The number of carbonyl (C=O) groups is 1. The van der Waals surface area contributed by atoms with Gasteiger partial charge in [-0.2, -0.15) is 0 Å². The fourth-order valence-electron chi connectivity index (χ4n) is 3.08. The third-order valence-electron chi connectivity index (χ3n) is 4.28. The van der Waals surface area contributed by atoms with Gasteiger partial charge >= 0.3 is 0 Å². The number of Topliss-reactive ketones (excluding diaryl/α,β-unsaturated/α-hetero) is 1. The Balaban J connectivity index is 2.03. The maximum atomic E-state index is 12.0. The molecule has 0 amide bonds. The molecular formula is C17H19BrN2O2. The van der Waals surface area contributed by atoms with Gasteiger partial charge in [0.05, 0.1) is 22.9 Å². The minimum Gasteiger partial charge on any atom is -0.381 e. The van der Waals surface area contributed by atoms with Crippen LogP contribution in [0.1, 0.15) is 36.5 Å². The topological polar surface area (TPSA) is 51.2 Å². The van der Waals surface area contributed by atoms with E-state index in [-0.39, 0.29) is 5.78 Å². The first-order valence-corrected chi connectivity index (χ1v) is 8.26. The van der Waals surface area contributed by atoms with Crippen molar-refractivity contribution in [1.82, 2.24) is 4.98 Å². The molecule has 0 saturated heterocycles. The van der Waals surface area contributed by atoms with Crippen molar-refractivity contribution in [3.8, 4) is 0 Å². The average molecular weight is 363 g/mol. The van der Waals surface area contributed by atoms with Gasteiger partial charge in [0.1, 0.15) is 0 Å². The summed E-state index contributed by atoms with van der Waals surface area (Å²) < 4.78 is 6.42. The predicted octanol–water partition coefficient (Wildman–Crippen LogP) is 4.18. The normalized spacial score (nSPS) is 21.2. The van der Waals surface area contributed by atoms with Crippen LogP contribution in [0.5, 0.6) is 0 Å². The van der Waals surface area contributed by atoms with E-state index in [4.69, 9.17) is 4.74 Å². The highest BCUT2D eigenvalue weighted by Crippen LogP contribution is 2.32. The minimum absolute atomic E-state index is 0.0261. The summed E-state index contributed by atoms with van der Waals surface area (Å²) in [6.45, 7) is 1.58. The lowest BCUT2D eigenvalue weighted by atomic mass is 10.1. The Morgan fingerprint density at radius 2 is 2.23 bits per heavy atom. The number of hydrogen-bond acceptors (Lipinski definition) is 4. The minimum atomic E-state index is 0.0261. The van der Waals surface area contributed by atoms with E-state index in [2.05, 4.69) is 26.2 Å². The first kappa shape index (κ1) is 15.4. The number of ketones is 1. The Labute approximate surface area is 138 Å². The summed E-state index contributed by atoms with van der Waals surface area (Å²) >= 11 is 3.50. The van der Waals surface area contributed by atoms with Crippen molar-refractivity contribution in [2.24, 2.45) is 0 Å². The molecule has 0 spiro atoms. The number of rotatable bonds is 4. The summed E-state index contributed by atoms with van der Waals surface area (Å²) in [5, 5.41) is 4.54. The average Bonchev–Trinajstić information content (AvgIpc) is 2.95. The second-order valence-corrected chi connectivity index (χ2v) is 6.69. The predicted molar refractivity (Wildman–Crippen MR) is 91.5 cm³/mol. The van der Waals surface area contributed by atoms with Gasteiger partial charge in [0.2, 0.25) is 0 Å². The molecule has 1 fully saturated rings. The molecule has 3 rings (SSSR count). The fraction of sp³-hybridized carbons (Fsp3) is 0.412. The first-order valence-electron chi connectivity index (χ1n) is 7.47. The molecule has 0 unspecified atom stereocenters. The van der Waals surface area contributed by atoms with Crippen molar-refractivity contribution in [3.63, 3.8) is 0 Å². The Hall–Kier alpha value is -1.46. The number of carbonyl (C=O) groups excluding carboxylic acids is 1. The lowest BCUT2D eigenvalue weighted by Gasteiger charge is -2.18. The number of anilines is 1. The van der Waals surface area contributed by atoms with Crippen LogP contribution in [0.4, 0.5) is 5.69 Å². The quantitative estimate of drug-likeness (QED) is 0.828. The highest BCUT2D eigenvalue weighted by molar-refractivity contribution is 9.10. The number of ether oxygens (including phenoxy) is 1. The molecule has 1 heterocycles. The summed E-state index contributed by atoms with van der Waals surface area (Å²) in [5.74, 6) is 0.0261. The molecule has 0 bridgehead atoms. The van der Waals surface area contributed by atoms with Crippen molar-refractivity contribution >= 4 is 38.3 Å². The van der Waals surface area contributed by atoms with Crippen LogP contribution >= 0.6 is 15.9 Å². The molecule has 4 nitrogen and oxygen atoms in total. The zero-order valence-electron chi connectivity index (χ0n) is 12.7. The van der Waals surface area contributed by atoms with Gasteiger partial charge in [-0.15, -0.1) is 0 Å². The molecule has 1 aliphatic rings. The van der Waals surface area contributed by atoms with E-state index < -0.39 is 0 Å². The monoisotopic (exact) mass is 362 g/mol. The number of fused-ring (bicyclic) bond motifs is 1. The number of aromatic nitrogens is 1. The number of methoxy groups -OCH3 is 1. The standard InChI is InChI=1S/C17H19BrN2O2/c1-10(21)15-9-19-16-6-3-11(18)7-14(16)17(15)20-12-4-5-13(8-12)22-2/h3,6-7,9,12-13H,4-5,8H2,1-2H3,(H,19,20)/t12-,13-/m0/s1. The molecule has 2 atom stereocenters. The lowest BCUT2D eigenvalue weighted by Crippen LogP contribution is -2.19. The number of nitrogens with zero attached hydrogens (tertiary/aromatic N) is 1. The van der Waals surface area contributed by atoms with E-state index in [0.29, 0.717) is 17.7 Å². The van der Waals surface area contributed by atoms with Gasteiger partial charge in [0, 0.05) is 29.2 Å². The smallest absolute Gasteiger partial charge is 0.163 e. The maximum Gasteiger partial charge on any atom is 0.163 e. The van der Waals surface area contributed by atoms with E-state index in [0.717, 1.165) is 40.3 Å². The molecule has 2 aromatic rings. The van der Waals surface area contributed by atoms with Crippen LogP contribution in [0.25, 0.3) is 10.9 Å². The van der Waals surface area contributed by atoms with Crippen LogP contribution < -0.4 is 5.32 Å². The molecule has 0 radical (unpaired) electrons. The second-order valence-electron chi connectivity index (χ2n) is 5.78. The van der Waals surface area contributed by atoms with Crippen LogP contribution in [0.3, 0.4) is 0 Å². The van der Waals surface area contributed by atoms with E-state index in [1.807, 2.05) is 18.2 Å². The molecule has 1 aromatic heterocycles. The zero-order valence-corrected chi connectivity index (χ0v) is 14.3. The molecule has 5 heteroatoms. The van der Waals surface area contributed by atoms with E-state index in [1.165, 1.54) is 0 Å². The summed E-state index contributed by atoms with van der Waals surface area (Å²) in [7, 11) is 1.76. The molecule has 22 heavy (non-hydrogen) atoms. The summed E-state index contributed by atoms with van der Waals surface area (Å²) in [6, 6.07) is 6.26. The van der Waals surface area contributed by atoms with E-state index in [9.17, 15) is 4.79 Å². The van der Waals surface area contributed by atoms with Gasteiger partial charge in [-0.05, 0) is 44.4 Å². The summed E-state index contributed by atoms with van der Waals surface area (Å²) in [4.78, 5) is 16.4. The molecule has 1 aromatic carbocycles. The maximum absolute atomic E-state index is 12.0. The van der Waals surface area contributed by atoms with Crippen molar-refractivity contribution in [1.29, 1.82) is 0 Å². The zero-order chi connectivity index (χ0) is 15.7. The molecule has 0 aliphatic heterocycles. The number of pyridine rings is 1. The van der Waals surface area contributed by atoms with E-state index >= 15 is 0 Å². The third-order valence-corrected chi connectivity index (χ3v) is 4.77. The number of hydrogen-bond donors (Lipinski definition) is 1. The first-order chi connectivity index (χ1) is 10.6. The van der Waals surface area contributed by atoms with Gasteiger partial charge in [-0.1, -0.05) is 15.9 Å². The van der Waals surface area contributed by atoms with Crippen molar-refractivity contribution in [2.45, 2.75) is 38.3 Å². The molecule has 1 aliphatic carbocycles. The Kier molecular flexibility index (Phi) is 4.45. The van der Waals surface area contributed by atoms with Crippen LogP contribution in [-0.2, 0) is 4.74 Å². The SMILES string of the molecule is CO[C@H]1CC[C@H](Nc2c(C(C)=O)cnc3ccc(Br)cc23)C1. The number of nitrogens with one attached hydrogen (secondary N) is 1. The Morgan fingerprint density at radius 1 is 1.41 bits per heavy atom.